The van der Waals surface area contributed by atoms with Gasteiger partial charge in [-0.25, -0.2) is 9.32 Å². The molecule has 28 heavy (non-hydrogen) atoms. The van der Waals surface area contributed by atoms with E-state index >= 15 is 0 Å². The smallest absolute Gasteiger partial charge is 0.384 e. The summed E-state index contributed by atoms with van der Waals surface area (Å²) in [6.45, 7) is -1.20. The van der Waals surface area contributed by atoms with E-state index < -0.39 is 49.8 Å². The topological polar surface area (TPSA) is 118 Å². The van der Waals surface area contributed by atoms with E-state index in [0.29, 0.717) is 5.75 Å². The molecule has 1 fully saturated rings. The lowest BCUT2D eigenvalue weighted by Crippen LogP contribution is -2.62. The molecule has 0 saturated carbocycles. The summed E-state index contributed by atoms with van der Waals surface area (Å²) in [6.07, 6.45) is -0.588. The molecule has 3 N–H and O–H groups in total. The van der Waals surface area contributed by atoms with Crippen LogP contribution in [0.2, 0.25) is 0 Å². The summed E-state index contributed by atoms with van der Waals surface area (Å²) in [5.41, 5.74) is 0. The van der Waals surface area contributed by atoms with E-state index in [2.05, 4.69) is 5.32 Å². The SMILES string of the molecule is C[N+]1([C@@H]2O[C@H](CO[P+](=O)Oc3ccccc3)[C@@H](CF)[C@H]2O)C=CC(=N)NC1=O. The summed E-state index contributed by atoms with van der Waals surface area (Å²) >= 11 is 0. The molecule has 6 atom stereocenters. The quantitative estimate of drug-likeness (QED) is 0.465. The highest BCUT2D eigenvalue weighted by atomic mass is 31.1. The van der Waals surface area contributed by atoms with Gasteiger partial charge in [0.15, 0.2) is 5.75 Å². The standard InChI is InChI=1S/C17H20FN3O6P/c1-21(8-7-14(19)20-17(21)23)16-15(22)12(9-18)13(26-16)10-25-28(24)27-11-5-3-2-4-6-11/h2-8,12-13,15-16,22H,9-10H2,1H3,(H-,19,20,23)/q+1/p+1/t12-,13-,15-,16-,21?/m1/s1. The Balaban J connectivity index is 1.65. The molecule has 1 aromatic carbocycles. The van der Waals surface area contributed by atoms with Gasteiger partial charge in [0.2, 0.25) is 6.23 Å². The number of halogens is 1. The van der Waals surface area contributed by atoms with E-state index in [-0.39, 0.29) is 12.4 Å². The summed E-state index contributed by atoms with van der Waals surface area (Å²) in [6, 6.07) is 7.82. The average Bonchev–Trinajstić information content (AvgIpc) is 3.00. The molecular weight excluding hydrogens is 392 g/mol. The van der Waals surface area contributed by atoms with Crippen molar-refractivity contribution < 1.29 is 37.1 Å². The highest BCUT2D eigenvalue weighted by Crippen LogP contribution is 2.36. The number of amidine groups is 1. The van der Waals surface area contributed by atoms with E-state index in [1.54, 1.807) is 30.3 Å². The third kappa shape index (κ3) is 4.11. The maximum absolute atomic E-state index is 13.5. The summed E-state index contributed by atoms with van der Waals surface area (Å²) in [5.74, 6) is -0.709. The van der Waals surface area contributed by atoms with Gasteiger partial charge in [0.25, 0.3) is 0 Å². The van der Waals surface area contributed by atoms with Crippen LogP contribution in [0.3, 0.4) is 0 Å². The molecule has 2 amide bonds. The Morgan fingerprint density at radius 3 is 2.75 bits per heavy atom. The normalized spacial score (nSPS) is 32.9. The Morgan fingerprint density at radius 2 is 2.11 bits per heavy atom. The van der Waals surface area contributed by atoms with Crippen LogP contribution in [0.1, 0.15) is 0 Å². The zero-order valence-electron chi connectivity index (χ0n) is 15.0. The van der Waals surface area contributed by atoms with Gasteiger partial charge in [-0.05, 0) is 12.1 Å². The lowest BCUT2D eigenvalue weighted by Gasteiger charge is -2.35. The van der Waals surface area contributed by atoms with Crippen molar-refractivity contribution in [1.82, 2.24) is 5.32 Å². The van der Waals surface area contributed by atoms with E-state index in [0.717, 1.165) is 0 Å². The highest BCUT2D eigenvalue weighted by molar-refractivity contribution is 7.33. The van der Waals surface area contributed by atoms with Crippen molar-refractivity contribution >= 4 is 20.1 Å². The number of aliphatic hydroxyl groups is 1. The summed E-state index contributed by atoms with van der Waals surface area (Å²) < 4.78 is 41.0. The van der Waals surface area contributed by atoms with Gasteiger partial charge in [0, 0.05) is 10.6 Å². The van der Waals surface area contributed by atoms with Crippen molar-refractivity contribution in [2.75, 3.05) is 20.3 Å². The van der Waals surface area contributed by atoms with E-state index in [1.807, 2.05) is 0 Å². The highest BCUT2D eigenvalue weighted by Gasteiger charge is 2.56. The van der Waals surface area contributed by atoms with Crippen LogP contribution in [0, 0.1) is 11.3 Å². The Bertz CT molecular complexity index is 794. The minimum absolute atomic E-state index is 0.0925. The molecule has 1 aromatic rings. The van der Waals surface area contributed by atoms with E-state index in [4.69, 9.17) is 19.2 Å². The third-order valence-corrected chi connectivity index (χ3v) is 5.45. The number of nitrogens with zero attached hydrogens (tertiary/aromatic N) is 1. The van der Waals surface area contributed by atoms with Gasteiger partial charge in [0.05, 0.1) is 19.6 Å². The van der Waals surface area contributed by atoms with Crippen LogP contribution in [0.4, 0.5) is 9.18 Å². The van der Waals surface area contributed by atoms with Crippen LogP contribution in [-0.2, 0) is 13.8 Å². The molecule has 1 saturated heterocycles. The second kappa shape index (κ2) is 8.42. The molecule has 150 valence electrons. The molecule has 0 radical (unpaired) electrons. The van der Waals surface area contributed by atoms with Gasteiger partial charge in [-0.15, -0.1) is 4.52 Å². The van der Waals surface area contributed by atoms with Crippen molar-refractivity contribution in [1.29, 1.82) is 5.41 Å². The molecule has 0 aliphatic carbocycles. The maximum Gasteiger partial charge on any atom is 0.750 e. The number of hydrogen-bond donors (Lipinski definition) is 3. The first-order valence-electron chi connectivity index (χ1n) is 8.53. The van der Waals surface area contributed by atoms with Crippen LogP contribution < -0.4 is 9.84 Å². The Hall–Kier alpha value is -2.23. The number of nitrogens with one attached hydrogen (secondary N) is 2. The molecule has 0 aromatic heterocycles. The van der Waals surface area contributed by atoms with Gasteiger partial charge < -0.3 is 9.84 Å². The van der Waals surface area contributed by atoms with Gasteiger partial charge >= 0.3 is 14.3 Å². The summed E-state index contributed by atoms with van der Waals surface area (Å²) in [4.78, 5) is 12.3. The predicted octanol–water partition coefficient (Wildman–Crippen LogP) is 2.07. The molecule has 3 rings (SSSR count). The molecule has 2 aliphatic heterocycles. The number of rotatable bonds is 7. The summed E-state index contributed by atoms with van der Waals surface area (Å²) in [5, 5.41) is 20.3. The first kappa shape index (κ1) is 20.5. The molecule has 2 aliphatic rings. The second-order valence-electron chi connectivity index (χ2n) is 6.60. The van der Waals surface area contributed by atoms with E-state index in [1.165, 1.54) is 19.3 Å². The van der Waals surface area contributed by atoms with Crippen molar-refractivity contribution in [3.8, 4) is 5.75 Å². The van der Waals surface area contributed by atoms with Gasteiger partial charge in [0.1, 0.15) is 30.9 Å². The first-order valence-corrected chi connectivity index (χ1v) is 9.62. The van der Waals surface area contributed by atoms with Gasteiger partial charge in [-0.3, -0.25) is 15.1 Å². The minimum Gasteiger partial charge on any atom is -0.384 e. The molecule has 11 heteroatoms. The number of carbonyl (C=O) groups excluding carboxylic acids is 1. The molecule has 9 nitrogen and oxygen atoms in total. The lowest BCUT2D eigenvalue weighted by atomic mass is 9.99. The van der Waals surface area contributed by atoms with Crippen LogP contribution >= 0.6 is 8.25 Å². The molecular formula is C17H21FN3O6P+2. The minimum atomic E-state index is -2.53. The van der Waals surface area contributed by atoms with E-state index in [9.17, 15) is 18.9 Å². The van der Waals surface area contributed by atoms with Crippen LogP contribution in [0.5, 0.6) is 5.75 Å². The van der Waals surface area contributed by atoms with Crippen molar-refractivity contribution in [3.63, 3.8) is 0 Å². The lowest BCUT2D eigenvalue weighted by molar-refractivity contribution is -0.836. The number of hydrogen-bond acceptors (Lipinski definition) is 7. The number of likely N-dealkylation sites (N-methyl/N-ethyl adjacent to an activating group) is 1. The van der Waals surface area contributed by atoms with Crippen LogP contribution in [0.25, 0.3) is 0 Å². The largest absolute Gasteiger partial charge is 0.750 e. The Kier molecular flexibility index (Phi) is 6.17. The number of aliphatic hydroxyl groups excluding tert-OH is 1. The van der Waals surface area contributed by atoms with Crippen molar-refractivity contribution in [2.45, 2.75) is 18.4 Å². The average molecular weight is 413 g/mol. The van der Waals surface area contributed by atoms with Crippen molar-refractivity contribution in [2.24, 2.45) is 5.92 Å². The number of carbonyl (C=O) groups is 1. The monoisotopic (exact) mass is 413 g/mol. The number of urea groups is 1. The molecule has 0 bridgehead atoms. The number of alkyl halides is 1. The van der Waals surface area contributed by atoms with Crippen LogP contribution in [-0.4, -0.2) is 60.2 Å². The number of amides is 2. The first-order chi connectivity index (χ1) is 13.3. The summed E-state index contributed by atoms with van der Waals surface area (Å²) in [7, 11) is -1.05. The van der Waals surface area contributed by atoms with Crippen molar-refractivity contribution in [3.05, 3.63) is 42.6 Å². The Labute approximate surface area is 161 Å². The van der Waals surface area contributed by atoms with Gasteiger partial charge in [-0.2, -0.15) is 4.48 Å². The Morgan fingerprint density at radius 1 is 1.39 bits per heavy atom. The van der Waals surface area contributed by atoms with Gasteiger partial charge in [-0.1, -0.05) is 18.2 Å². The fourth-order valence-corrected chi connectivity index (χ4v) is 3.71. The second-order valence-corrected chi connectivity index (χ2v) is 7.49. The number of ether oxygens (including phenoxy) is 1. The maximum atomic E-state index is 13.5. The number of quaternary nitrogens is 1. The molecule has 0 spiro atoms. The fraction of sp³-hybridized carbons (Fsp3) is 0.412. The zero-order chi connectivity index (χ0) is 20.3. The number of para-hydroxylation sites is 1. The fourth-order valence-electron chi connectivity index (χ4n) is 3.09. The van der Waals surface area contributed by atoms with Crippen LogP contribution in [0.15, 0.2) is 42.6 Å². The molecule has 2 heterocycles. The third-order valence-electron chi connectivity index (χ3n) is 4.73. The number of benzene rings is 1. The predicted molar refractivity (Wildman–Crippen MR) is 96.3 cm³/mol. The zero-order valence-corrected chi connectivity index (χ0v) is 15.9. The molecule has 2 unspecified atom stereocenters.